The average Bonchev–Trinajstić information content (AvgIpc) is 3.09. The molecule has 122 valence electrons. The number of hydrogen-bond acceptors (Lipinski definition) is 5. The van der Waals surface area contributed by atoms with Crippen molar-refractivity contribution in [2.75, 3.05) is 0 Å². The van der Waals surface area contributed by atoms with Crippen molar-refractivity contribution in [3.05, 3.63) is 65.0 Å². The first-order chi connectivity index (χ1) is 11.7. The summed E-state index contributed by atoms with van der Waals surface area (Å²) in [6.07, 6.45) is 0.370. The first-order valence-electron chi connectivity index (χ1n) is 7.50. The van der Waals surface area contributed by atoms with E-state index in [1.807, 2.05) is 30.3 Å². The Bertz CT molecular complexity index is 846. The van der Waals surface area contributed by atoms with Gasteiger partial charge in [0.15, 0.2) is 12.4 Å². The van der Waals surface area contributed by atoms with Gasteiger partial charge in [0.25, 0.3) is 5.89 Å². The molecular weight excluding hydrogens is 328 g/mol. The molecule has 1 heterocycles. The summed E-state index contributed by atoms with van der Waals surface area (Å²) in [6, 6.07) is 14.4. The lowest BCUT2D eigenvalue weighted by Crippen LogP contribution is -2.03. The van der Waals surface area contributed by atoms with Crippen LogP contribution in [-0.4, -0.2) is 16.0 Å². The van der Waals surface area contributed by atoms with Crippen LogP contribution in [0.1, 0.15) is 29.6 Å². The molecule has 0 atom stereocenters. The zero-order chi connectivity index (χ0) is 16.9. The summed E-state index contributed by atoms with van der Waals surface area (Å²) in [5, 5.41) is 8.46. The van der Waals surface area contributed by atoms with E-state index in [1.54, 1.807) is 25.1 Å². The van der Waals surface area contributed by atoms with Gasteiger partial charge in [0.1, 0.15) is 5.75 Å². The van der Waals surface area contributed by atoms with Crippen LogP contribution in [0.5, 0.6) is 5.75 Å². The predicted octanol–water partition coefficient (Wildman–Crippen LogP) is 4.56. The van der Waals surface area contributed by atoms with E-state index in [4.69, 9.17) is 20.8 Å². The SMILES string of the molecule is CCC(=O)c1cc(Cl)ccc1OCc1nnc(-c2ccccc2)o1. The van der Waals surface area contributed by atoms with Gasteiger partial charge in [0, 0.05) is 17.0 Å². The predicted molar refractivity (Wildman–Crippen MR) is 90.1 cm³/mol. The number of benzene rings is 2. The number of ether oxygens (including phenoxy) is 1. The van der Waals surface area contributed by atoms with E-state index in [0.717, 1.165) is 5.56 Å². The first-order valence-corrected chi connectivity index (χ1v) is 7.88. The third kappa shape index (κ3) is 3.63. The Morgan fingerprint density at radius 3 is 2.71 bits per heavy atom. The maximum Gasteiger partial charge on any atom is 0.254 e. The van der Waals surface area contributed by atoms with Crippen molar-refractivity contribution >= 4 is 17.4 Å². The van der Waals surface area contributed by atoms with Crippen LogP contribution in [0.25, 0.3) is 11.5 Å². The van der Waals surface area contributed by atoms with Gasteiger partial charge in [-0.2, -0.15) is 0 Å². The molecule has 0 aliphatic carbocycles. The Kier molecular flexibility index (Phi) is 4.91. The van der Waals surface area contributed by atoms with Crippen molar-refractivity contribution in [2.45, 2.75) is 20.0 Å². The molecule has 1 aromatic heterocycles. The molecule has 6 heteroatoms. The van der Waals surface area contributed by atoms with Crippen molar-refractivity contribution in [3.63, 3.8) is 0 Å². The topological polar surface area (TPSA) is 65.2 Å². The number of hydrogen-bond donors (Lipinski definition) is 0. The molecule has 0 amide bonds. The number of halogens is 1. The molecule has 0 spiro atoms. The number of carbonyl (C=O) groups excluding carboxylic acids is 1. The summed E-state index contributed by atoms with van der Waals surface area (Å²) in [5.74, 6) is 1.17. The van der Waals surface area contributed by atoms with Crippen molar-refractivity contribution in [1.29, 1.82) is 0 Å². The molecular formula is C18H15ClN2O3. The quantitative estimate of drug-likeness (QED) is 0.614. The molecule has 0 saturated carbocycles. The molecule has 3 aromatic rings. The van der Waals surface area contributed by atoms with Crippen molar-refractivity contribution in [1.82, 2.24) is 10.2 Å². The molecule has 0 aliphatic heterocycles. The number of aromatic nitrogens is 2. The summed E-state index contributed by atoms with van der Waals surface area (Å²) < 4.78 is 11.3. The highest BCUT2D eigenvalue weighted by molar-refractivity contribution is 6.31. The number of rotatable bonds is 6. The van der Waals surface area contributed by atoms with E-state index in [0.29, 0.717) is 34.5 Å². The smallest absolute Gasteiger partial charge is 0.254 e. The first kappa shape index (κ1) is 16.2. The molecule has 24 heavy (non-hydrogen) atoms. The van der Waals surface area contributed by atoms with Crippen molar-refractivity contribution in [2.24, 2.45) is 0 Å². The highest BCUT2D eigenvalue weighted by Gasteiger charge is 2.14. The zero-order valence-electron chi connectivity index (χ0n) is 13.0. The van der Waals surface area contributed by atoms with Gasteiger partial charge in [0.2, 0.25) is 5.89 Å². The molecule has 0 radical (unpaired) electrons. The highest BCUT2D eigenvalue weighted by Crippen LogP contribution is 2.25. The molecule has 0 unspecified atom stereocenters. The van der Waals surface area contributed by atoms with Gasteiger partial charge < -0.3 is 9.15 Å². The number of nitrogens with zero attached hydrogens (tertiary/aromatic N) is 2. The molecule has 3 rings (SSSR count). The third-order valence-electron chi connectivity index (χ3n) is 3.40. The van der Waals surface area contributed by atoms with E-state index in [2.05, 4.69) is 10.2 Å². The molecule has 2 aromatic carbocycles. The van der Waals surface area contributed by atoms with E-state index in [-0.39, 0.29) is 12.4 Å². The third-order valence-corrected chi connectivity index (χ3v) is 3.64. The summed E-state index contributed by atoms with van der Waals surface area (Å²) in [4.78, 5) is 12.0. The van der Waals surface area contributed by atoms with Crippen LogP contribution in [0.2, 0.25) is 5.02 Å². The summed E-state index contributed by atoms with van der Waals surface area (Å²) in [5.41, 5.74) is 1.29. The monoisotopic (exact) mass is 342 g/mol. The van der Waals surface area contributed by atoms with Gasteiger partial charge in [-0.25, -0.2) is 0 Å². The van der Waals surface area contributed by atoms with Crippen LogP contribution in [-0.2, 0) is 6.61 Å². The van der Waals surface area contributed by atoms with E-state index in [1.165, 1.54) is 0 Å². The van der Waals surface area contributed by atoms with E-state index >= 15 is 0 Å². The van der Waals surface area contributed by atoms with Crippen LogP contribution < -0.4 is 4.74 Å². The van der Waals surface area contributed by atoms with Gasteiger partial charge in [-0.1, -0.05) is 36.7 Å². The minimum absolute atomic E-state index is 0.0389. The summed E-state index contributed by atoms with van der Waals surface area (Å²) >= 11 is 5.96. The standard InChI is InChI=1S/C18H15ClN2O3/c1-2-15(22)14-10-13(19)8-9-16(14)23-11-17-20-21-18(24-17)12-6-4-3-5-7-12/h3-10H,2,11H2,1H3. The largest absolute Gasteiger partial charge is 0.483 e. The minimum Gasteiger partial charge on any atom is -0.483 e. The lowest BCUT2D eigenvalue weighted by molar-refractivity contribution is 0.0983. The van der Waals surface area contributed by atoms with Crippen molar-refractivity contribution in [3.8, 4) is 17.2 Å². The Morgan fingerprint density at radius 2 is 1.96 bits per heavy atom. The molecule has 0 N–H and O–H groups in total. The lowest BCUT2D eigenvalue weighted by atomic mass is 10.1. The number of Topliss-reactive ketones (excluding diaryl/α,β-unsaturated/α-hetero) is 1. The Morgan fingerprint density at radius 1 is 1.17 bits per heavy atom. The van der Waals surface area contributed by atoms with Gasteiger partial charge in [-0.3, -0.25) is 4.79 Å². The van der Waals surface area contributed by atoms with Gasteiger partial charge in [0.05, 0.1) is 5.56 Å². The molecule has 0 fully saturated rings. The van der Waals surface area contributed by atoms with Crippen LogP contribution in [0.15, 0.2) is 52.9 Å². The number of carbonyl (C=O) groups is 1. The fourth-order valence-corrected chi connectivity index (χ4v) is 2.36. The molecule has 0 aliphatic rings. The highest BCUT2D eigenvalue weighted by atomic mass is 35.5. The number of ketones is 1. The maximum absolute atomic E-state index is 12.0. The fourth-order valence-electron chi connectivity index (χ4n) is 2.19. The minimum atomic E-state index is -0.0389. The molecule has 0 saturated heterocycles. The summed E-state index contributed by atoms with van der Waals surface area (Å²) in [7, 11) is 0. The normalized spacial score (nSPS) is 10.6. The van der Waals surface area contributed by atoms with Gasteiger partial charge >= 0.3 is 0 Å². The van der Waals surface area contributed by atoms with Gasteiger partial charge in [-0.05, 0) is 30.3 Å². The second-order valence-electron chi connectivity index (χ2n) is 5.07. The lowest BCUT2D eigenvalue weighted by Gasteiger charge is -2.09. The Labute approximate surface area is 144 Å². The second kappa shape index (κ2) is 7.27. The molecule has 5 nitrogen and oxygen atoms in total. The van der Waals surface area contributed by atoms with E-state index in [9.17, 15) is 4.79 Å². The van der Waals surface area contributed by atoms with Crippen LogP contribution >= 0.6 is 11.6 Å². The zero-order valence-corrected chi connectivity index (χ0v) is 13.8. The Balaban J connectivity index is 1.75. The van der Waals surface area contributed by atoms with Crippen LogP contribution in [0.3, 0.4) is 0 Å². The molecule has 0 bridgehead atoms. The second-order valence-corrected chi connectivity index (χ2v) is 5.51. The van der Waals surface area contributed by atoms with E-state index < -0.39 is 0 Å². The van der Waals surface area contributed by atoms with Crippen LogP contribution in [0.4, 0.5) is 0 Å². The fraction of sp³-hybridized carbons (Fsp3) is 0.167. The Hall–Kier alpha value is -2.66. The average molecular weight is 343 g/mol. The van der Waals surface area contributed by atoms with Crippen molar-refractivity contribution < 1.29 is 13.9 Å². The van der Waals surface area contributed by atoms with Crippen LogP contribution in [0, 0.1) is 0 Å². The van der Waals surface area contributed by atoms with Gasteiger partial charge in [-0.15, -0.1) is 10.2 Å². The summed E-state index contributed by atoms with van der Waals surface area (Å²) in [6.45, 7) is 1.86. The maximum atomic E-state index is 12.0.